The van der Waals surface area contributed by atoms with Crippen LogP contribution in [0.2, 0.25) is 0 Å². The van der Waals surface area contributed by atoms with Crippen LogP contribution in [0.5, 0.6) is 0 Å². The number of carbonyl (C=O) groups excluding carboxylic acids is 1. The molecule has 6 nitrogen and oxygen atoms in total. The molecule has 1 amide bonds. The molecule has 1 aliphatic rings. The summed E-state index contributed by atoms with van der Waals surface area (Å²) in [5, 5.41) is 9.77. The zero-order chi connectivity index (χ0) is 19.8. The van der Waals surface area contributed by atoms with Gasteiger partial charge >= 0.3 is 0 Å². The monoisotopic (exact) mass is 399 g/mol. The van der Waals surface area contributed by atoms with Gasteiger partial charge in [-0.3, -0.25) is 9.79 Å². The molecule has 0 radical (unpaired) electrons. The fraction of sp³-hybridized carbons (Fsp3) is 0.476. The molecule has 1 aromatic carbocycles. The lowest BCUT2D eigenvalue weighted by atomic mass is 9.99. The van der Waals surface area contributed by atoms with Gasteiger partial charge in [0.2, 0.25) is 5.91 Å². The first-order chi connectivity index (χ1) is 13.7. The lowest BCUT2D eigenvalue weighted by Crippen LogP contribution is -2.39. The van der Waals surface area contributed by atoms with Crippen LogP contribution in [0.4, 0.5) is 0 Å². The van der Waals surface area contributed by atoms with Gasteiger partial charge in [0.25, 0.3) is 0 Å². The number of aliphatic imine (C=N–C) groups is 1. The summed E-state index contributed by atoms with van der Waals surface area (Å²) in [7, 11) is 1.76. The molecule has 1 aromatic heterocycles. The normalized spacial score (nSPS) is 13.9. The third-order valence-electron chi connectivity index (χ3n) is 4.91. The van der Waals surface area contributed by atoms with Crippen LogP contribution >= 0.6 is 11.3 Å². The van der Waals surface area contributed by atoms with E-state index in [4.69, 9.17) is 0 Å². The van der Waals surface area contributed by atoms with E-state index in [0.29, 0.717) is 6.42 Å². The van der Waals surface area contributed by atoms with Gasteiger partial charge in [-0.1, -0.05) is 24.3 Å². The van der Waals surface area contributed by atoms with Crippen LogP contribution in [0, 0.1) is 6.92 Å². The molecule has 7 heteroatoms. The maximum atomic E-state index is 12.5. The largest absolute Gasteiger partial charge is 0.356 e. The summed E-state index contributed by atoms with van der Waals surface area (Å²) in [5.41, 5.74) is 3.76. The number of hydrogen-bond donors (Lipinski definition) is 2. The Hall–Kier alpha value is -2.41. The third kappa shape index (κ3) is 5.79. The van der Waals surface area contributed by atoms with Crippen molar-refractivity contribution in [2.24, 2.45) is 4.99 Å². The molecular formula is C21H29N5OS. The van der Waals surface area contributed by atoms with Crippen molar-refractivity contribution in [1.29, 1.82) is 0 Å². The van der Waals surface area contributed by atoms with Crippen molar-refractivity contribution in [2.75, 3.05) is 26.7 Å². The van der Waals surface area contributed by atoms with Gasteiger partial charge in [-0.05, 0) is 30.9 Å². The topological polar surface area (TPSA) is 69.6 Å². The molecule has 0 atom stereocenters. The van der Waals surface area contributed by atoms with Crippen LogP contribution < -0.4 is 10.6 Å². The highest BCUT2D eigenvalue weighted by molar-refractivity contribution is 7.09. The Kier molecular flexibility index (Phi) is 7.42. The quantitative estimate of drug-likeness (QED) is 0.426. The Morgan fingerprint density at radius 2 is 2.04 bits per heavy atom. The molecule has 0 saturated heterocycles. The van der Waals surface area contributed by atoms with Gasteiger partial charge in [-0.15, -0.1) is 11.3 Å². The Labute approximate surface area is 171 Å². The fourth-order valence-electron chi connectivity index (χ4n) is 3.37. The molecular weight excluding hydrogens is 370 g/mol. The maximum absolute atomic E-state index is 12.5. The van der Waals surface area contributed by atoms with E-state index in [0.717, 1.165) is 62.1 Å². The second kappa shape index (κ2) is 10.2. The first-order valence-electron chi connectivity index (χ1n) is 9.86. The minimum atomic E-state index is 0.234. The van der Waals surface area contributed by atoms with E-state index < -0.39 is 0 Å². The molecule has 3 rings (SSSR count). The summed E-state index contributed by atoms with van der Waals surface area (Å²) in [6, 6.07) is 8.40. The number of hydrogen-bond acceptors (Lipinski definition) is 4. The summed E-state index contributed by atoms with van der Waals surface area (Å²) in [6.45, 7) is 5.09. The zero-order valence-electron chi connectivity index (χ0n) is 16.7. The molecule has 0 aliphatic carbocycles. The second-order valence-corrected chi connectivity index (χ2v) is 8.03. The maximum Gasteiger partial charge on any atom is 0.222 e. The summed E-state index contributed by atoms with van der Waals surface area (Å²) in [4.78, 5) is 23.2. The van der Waals surface area contributed by atoms with E-state index in [1.807, 2.05) is 17.9 Å². The van der Waals surface area contributed by atoms with Crippen molar-refractivity contribution in [3.05, 3.63) is 51.5 Å². The number of rotatable bonds is 7. The molecule has 2 aromatic rings. The van der Waals surface area contributed by atoms with Crippen molar-refractivity contribution in [1.82, 2.24) is 20.5 Å². The van der Waals surface area contributed by atoms with E-state index in [-0.39, 0.29) is 5.91 Å². The molecule has 0 bridgehead atoms. The number of nitrogens with zero attached hydrogens (tertiary/aromatic N) is 3. The van der Waals surface area contributed by atoms with Gasteiger partial charge in [-0.2, -0.15) is 0 Å². The van der Waals surface area contributed by atoms with Crippen LogP contribution in [-0.2, 0) is 24.2 Å². The van der Waals surface area contributed by atoms with E-state index in [1.54, 1.807) is 18.4 Å². The van der Waals surface area contributed by atoms with Crippen LogP contribution in [0.1, 0.15) is 34.7 Å². The summed E-state index contributed by atoms with van der Waals surface area (Å²) < 4.78 is 0. The zero-order valence-corrected chi connectivity index (χ0v) is 17.5. The van der Waals surface area contributed by atoms with E-state index >= 15 is 0 Å². The molecule has 2 heterocycles. The molecule has 2 N–H and O–H groups in total. The van der Waals surface area contributed by atoms with Crippen LogP contribution in [0.3, 0.4) is 0 Å². The van der Waals surface area contributed by atoms with Gasteiger partial charge < -0.3 is 15.5 Å². The van der Waals surface area contributed by atoms with Gasteiger partial charge in [0.05, 0.1) is 10.7 Å². The lowest BCUT2D eigenvalue weighted by Gasteiger charge is -2.29. The first-order valence-corrected chi connectivity index (χ1v) is 10.7. The number of nitrogens with one attached hydrogen (secondary N) is 2. The minimum Gasteiger partial charge on any atom is -0.356 e. The van der Waals surface area contributed by atoms with Crippen LogP contribution in [0.25, 0.3) is 0 Å². The molecule has 0 saturated carbocycles. The van der Waals surface area contributed by atoms with Crippen molar-refractivity contribution < 1.29 is 4.79 Å². The van der Waals surface area contributed by atoms with Gasteiger partial charge in [0.15, 0.2) is 5.96 Å². The minimum absolute atomic E-state index is 0.234. The SMILES string of the molecule is CN=C(NCCCC(=O)N1CCc2ccccc2C1)NCCc1csc(C)n1. The number of fused-ring (bicyclic) bond motifs is 1. The van der Waals surface area contributed by atoms with Gasteiger partial charge in [0, 0.05) is 51.4 Å². The molecule has 28 heavy (non-hydrogen) atoms. The van der Waals surface area contributed by atoms with Crippen LogP contribution in [0.15, 0.2) is 34.6 Å². The molecule has 0 spiro atoms. The molecule has 0 unspecified atom stereocenters. The third-order valence-corrected chi connectivity index (χ3v) is 5.73. The average Bonchev–Trinajstić information content (AvgIpc) is 3.14. The van der Waals surface area contributed by atoms with Crippen LogP contribution in [-0.4, -0.2) is 48.4 Å². The lowest BCUT2D eigenvalue weighted by molar-refractivity contribution is -0.132. The standard InChI is InChI=1S/C21H29N5OS/c1-16-25-19(15-28-16)9-12-24-21(22-2)23-11-5-8-20(27)26-13-10-17-6-3-4-7-18(17)14-26/h3-4,6-7,15H,5,8-14H2,1-2H3,(H2,22,23,24). The number of aryl methyl sites for hydroxylation is 1. The van der Waals surface area contributed by atoms with E-state index in [2.05, 4.69) is 44.2 Å². The van der Waals surface area contributed by atoms with E-state index in [9.17, 15) is 4.79 Å². The number of amides is 1. The van der Waals surface area contributed by atoms with Crippen molar-refractivity contribution in [2.45, 2.75) is 39.2 Å². The number of thiazole rings is 1. The molecule has 1 aliphatic heterocycles. The molecule has 0 fully saturated rings. The number of carbonyl (C=O) groups is 1. The van der Waals surface area contributed by atoms with Crippen molar-refractivity contribution in [3.8, 4) is 0 Å². The van der Waals surface area contributed by atoms with Crippen molar-refractivity contribution in [3.63, 3.8) is 0 Å². The highest BCUT2D eigenvalue weighted by Gasteiger charge is 2.19. The average molecular weight is 400 g/mol. The Balaban J connectivity index is 1.32. The first kappa shape index (κ1) is 20.3. The second-order valence-electron chi connectivity index (χ2n) is 6.97. The number of benzene rings is 1. The number of aromatic nitrogens is 1. The summed E-state index contributed by atoms with van der Waals surface area (Å²) in [6.07, 6.45) is 3.18. The Bertz CT molecular complexity index is 817. The highest BCUT2D eigenvalue weighted by Crippen LogP contribution is 2.19. The van der Waals surface area contributed by atoms with Crippen molar-refractivity contribution >= 4 is 23.2 Å². The predicted octanol–water partition coefficient (Wildman–Crippen LogP) is 2.52. The Morgan fingerprint density at radius 3 is 2.79 bits per heavy atom. The Morgan fingerprint density at radius 1 is 1.25 bits per heavy atom. The predicted molar refractivity (Wildman–Crippen MR) is 115 cm³/mol. The summed E-state index contributed by atoms with van der Waals surface area (Å²) >= 11 is 1.68. The van der Waals surface area contributed by atoms with Gasteiger partial charge in [-0.25, -0.2) is 4.98 Å². The fourth-order valence-corrected chi connectivity index (χ4v) is 4.01. The smallest absolute Gasteiger partial charge is 0.222 e. The summed E-state index contributed by atoms with van der Waals surface area (Å²) in [5.74, 6) is 1.00. The number of guanidine groups is 1. The molecule has 150 valence electrons. The van der Waals surface area contributed by atoms with E-state index in [1.165, 1.54) is 11.1 Å². The highest BCUT2D eigenvalue weighted by atomic mass is 32.1. The van der Waals surface area contributed by atoms with Gasteiger partial charge in [0.1, 0.15) is 0 Å².